The molecule has 0 aromatic heterocycles. The van der Waals surface area contributed by atoms with Gasteiger partial charge in [-0.3, -0.25) is 9.59 Å². The largest absolute Gasteiger partial charge is 0.481 e. The SMILES string of the molecule is CCC[C@](CC(N)=O)(C(=O)O)c1ccccc1. The molecule has 0 saturated heterocycles. The molecular weight excluding hydrogens is 218 g/mol. The molecule has 4 nitrogen and oxygen atoms in total. The summed E-state index contributed by atoms with van der Waals surface area (Å²) in [4.78, 5) is 22.7. The van der Waals surface area contributed by atoms with E-state index in [9.17, 15) is 14.7 Å². The molecule has 3 N–H and O–H groups in total. The second-order valence-electron chi connectivity index (χ2n) is 4.15. The summed E-state index contributed by atoms with van der Waals surface area (Å²) in [6, 6.07) is 8.80. The van der Waals surface area contributed by atoms with Gasteiger partial charge in [0.25, 0.3) is 0 Å². The molecule has 17 heavy (non-hydrogen) atoms. The number of nitrogens with two attached hydrogens (primary N) is 1. The average molecular weight is 235 g/mol. The lowest BCUT2D eigenvalue weighted by molar-refractivity contribution is -0.146. The van der Waals surface area contributed by atoms with Gasteiger partial charge in [0.05, 0.1) is 0 Å². The maximum Gasteiger partial charge on any atom is 0.314 e. The van der Waals surface area contributed by atoms with Crippen LogP contribution >= 0.6 is 0 Å². The van der Waals surface area contributed by atoms with E-state index in [4.69, 9.17) is 5.73 Å². The van der Waals surface area contributed by atoms with E-state index < -0.39 is 17.3 Å². The van der Waals surface area contributed by atoms with E-state index in [1.807, 2.05) is 13.0 Å². The number of hydrogen-bond donors (Lipinski definition) is 2. The van der Waals surface area contributed by atoms with Crippen LogP contribution in [-0.2, 0) is 15.0 Å². The quantitative estimate of drug-likeness (QED) is 0.787. The smallest absolute Gasteiger partial charge is 0.314 e. The maximum absolute atomic E-state index is 11.5. The summed E-state index contributed by atoms with van der Waals surface area (Å²) >= 11 is 0. The number of carbonyl (C=O) groups is 2. The topological polar surface area (TPSA) is 80.4 Å². The van der Waals surface area contributed by atoms with Gasteiger partial charge in [0.15, 0.2) is 0 Å². The van der Waals surface area contributed by atoms with Crippen LogP contribution in [0.1, 0.15) is 31.7 Å². The Bertz CT molecular complexity index is 402. The van der Waals surface area contributed by atoms with Crippen molar-refractivity contribution in [3.63, 3.8) is 0 Å². The van der Waals surface area contributed by atoms with E-state index >= 15 is 0 Å². The number of benzene rings is 1. The van der Waals surface area contributed by atoms with E-state index in [1.165, 1.54) is 0 Å². The number of hydrogen-bond acceptors (Lipinski definition) is 2. The fraction of sp³-hybridized carbons (Fsp3) is 0.385. The second-order valence-corrected chi connectivity index (χ2v) is 4.15. The first-order valence-corrected chi connectivity index (χ1v) is 5.60. The molecule has 1 aromatic rings. The molecule has 1 atom stereocenters. The fourth-order valence-electron chi connectivity index (χ4n) is 2.12. The average Bonchev–Trinajstić information content (AvgIpc) is 2.28. The summed E-state index contributed by atoms with van der Waals surface area (Å²) in [5.74, 6) is -1.59. The number of carboxylic acids is 1. The van der Waals surface area contributed by atoms with Crippen molar-refractivity contribution in [1.29, 1.82) is 0 Å². The molecule has 0 fully saturated rings. The summed E-state index contributed by atoms with van der Waals surface area (Å²) in [6.07, 6.45) is 0.907. The Balaban J connectivity index is 3.24. The van der Waals surface area contributed by atoms with E-state index in [1.54, 1.807) is 24.3 Å². The first-order valence-electron chi connectivity index (χ1n) is 5.60. The highest BCUT2D eigenvalue weighted by Crippen LogP contribution is 2.33. The number of carboxylic acid groups (broad SMARTS) is 1. The molecule has 0 bridgehead atoms. The van der Waals surface area contributed by atoms with Crippen LogP contribution in [0.5, 0.6) is 0 Å². The van der Waals surface area contributed by atoms with Gasteiger partial charge >= 0.3 is 5.97 Å². The summed E-state index contributed by atoms with van der Waals surface area (Å²) in [5, 5.41) is 9.45. The lowest BCUT2D eigenvalue weighted by Gasteiger charge is -2.28. The number of aliphatic carboxylic acids is 1. The molecule has 0 saturated carbocycles. The van der Waals surface area contributed by atoms with Gasteiger partial charge < -0.3 is 10.8 Å². The summed E-state index contributed by atoms with van der Waals surface area (Å²) in [7, 11) is 0. The monoisotopic (exact) mass is 235 g/mol. The minimum absolute atomic E-state index is 0.166. The molecule has 0 aliphatic rings. The van der Waals surface area contributed by atoms with Crippen molar-refractivity contribution >= 4 is 11.9 Å². The zero-order valence-electron chi connectivity index (χ0n) is 9.85. The third-order valence-electron chi connectivity index (χ3n) is 2.89. The molecule has 0 aliphatic heterocycles. The van der Waals surface area contributed by atoms with Gasteiger partial charge in [-0.15, -0.1) is 0 Å². The van der Waals surface area contributed by atoms with Gasteiger partial charge in [-0.25, -0.2) is 0 Å². The second kappa shape index (κ2) is 5.48. The van der Waals surface area contributed by atoms with Gasteiger partial charge in [-0.1, -0.05) is 43.7 Å². The first-order chi connectivity index (χ1) is 8.03. The van der Waals surface area contributed by atoms with Crippen molar-refractivity contribution in [3.05, 3.63) is 35.9 Å². The molecule has 0 aliphatic carbocycles. The Morgan fingerprint density at radius 2 is 1.88 bits per heavy atom. The standard InChI is InChI=1S/C13H17NO3/c1-2-8-13(12(16)17,9-11(14)15)10-6-4-3-5-7-10/h3-7H,2,8-9H2,1H3,(H2,14,15)(H,16,17)/t13-/m1/s1. The van der Waals surface area contributed by atoms with Crippen molar-refractivity contribution in [1.82, 2.24) is 0 Å². The van der Waals surface area contributed by atoms with Crippen molar-refractivity contribution in [2.45, 2.75) is 31.6 Å². The lowest BCUT2D eigenvalue weighted by atomic mass is 9.74. The fourth-order valence-corrected chi connectivity index (χ4v) is 2.12. The summed E-state index contributed by atoms with van der Waals surface area (Å²) < 4.78 is 0. The van der Waals surface area contributed by atoms with E-state index in [0.717, 1.165) is 0 Å². The Morgan fingerprint density at radius 3 is 2.29 bits per heavy atom. The Labute approximate surface area is 100 Å². The van der Waals surface area contributed by atoms with Crippen LogP contribution < -0.4 is 5.73 Å². The zero-order valence-corrected chi connectivity index (χ0v) is 9.85. The highest BCUT2D eigenvalue weighted by molar-refractivity contribution is 5.88. The number of rotatable bonds is 6. The first kappa shape index (κ1) is 13.2. The van der Waals surface area contributed by atoms with Crippen LogP contribution in [0.4, 0.5) is 0 Å². The molecule has 92 valence electrons. The highest BCUT2D eigenvalue weighted by Gasteiger charge is 2.40. The van der Waals surface area contributed by atoms with Crippen molar-refractivity contribution in [2.75, 3.05) is 0 Å². The zero-order chi connectivity index (χ0) is 12.9. The van der Waals surface area contributed by atoms with Crippen LogP contribution in [-0.4, -0.2) is 17.0 Å². The van der Waals surface area contributed by atoms with Crippen LogP contribution in [0.25, 0.3) is 0 Å². The minimum atomic E-state index is -1.19. The molecule has 0 unspecified atom stereocenters. The van der Waals surface area contributed by atoms with Gasteiger partial charge in [0.1, 0.15) is 5.41 Å². The molecule has 0 radical (unpaired) electrons. The van der Waals surface area contributed by atoms with Gasteiger partial charge in [-0.2, -0.15) is 0 Å². The van der Waals surface area contributed by atoms with Crippen molar-refractivity contribution < 1.29 is 14.7 Å². The van der Waals surface area contributed by atoms with E-state index in [-0.39, 0.29) is 6.42 Å². The highest BCUT2D eigenvalue weighted by atomic mass is 16.4. The molecule has 0 heterocycles. The normalized spacial score (nSPS) is 13.9. The van der Waals surface area contributed by atoms with Gasteiger partial charge in [0.2, 0.25) is 5.91 Å². The predicted octanol–water partition coefficient (Wildman–Crippen LogP) is 1.68. The third-order valence-corrected chi connectivity index (χ3v) is 2.89. The molecule has 4 heteroatoms. The van der Waals surface area contributed by atoms with Gasteiger partial charge in [0, 0.05) is 6.42 Å². The Morgan fingerprint density at radius 1 is 1.29 bits per heavy atom. The number of amides is 1. The molecular formula is C13H17NO3. The van der Waals surface area contributed by atoms with Crippen LogP contribution in [0.2, 0.25) is 0 Å². The van der Waals surface area contributed by atoms with Crippen LogP contribution in [0.15, 0.2) is 30.3 Å². The molecule has 1 rings (SSSR count). The molecule has 1 aromatic carbocycles. The van der Waals surface area contributed by atoms with Crippen LogP contribution in [0.3, 0.4) is 0 Å². The predicted molar refractivity (Wildman–Crippen MR) is 64.5 cm³/mol. The molecule has 0 spiro atoms. The summed E-state index contributed by atoms with van der Waals surface area (Å²) in [5.41, 5.74) is 4.62. The van der Waals surface area contributed by atoms with E-state index in [2.05, 4.69) is 0 Å². The van der Waals surface area contributed by atoms with Gasteiger partial charge in [-0.05, 0) is 12.0 Å². The number of primary amides is 1. The maximum atomic E-state index is 11.5. The van der Waals surface area contributed by atoms with Crippen molar-refractivity contribution in [3.8, 4) is 0 Å². The van der Waals surface area contributed by atoms with E-state index in [0.29, 0.717) is 18.4 Å². The number of carbonyl (C=O) groups excluding carboxylic acids is 1. The minimum Gasteiger partial charge on any atom is -0.481 e. The molecule has 1 amide bonds. The van der Waals surface area contributed by atoms with Crippen molar-refractivity contribution in [2.24, 2.45) is 5.73 Å². The third kappa shape index (κ3) is 2.84. The summed E-state index contributed by atoms with van der Waals surface area (Å²) in [6.45, 7) is 1.89. The Kier molecular flexibility index (Phi) is 4.26. The Hall–Kier alpha value is -1.84. The lowest BCUT2D eigenvalue weighted by Crippen LogP contribution is -2.39. The van der Waals surface area contributed by atoms with Crippen LogP contribution in [0, 0.1) is 0 Å².